The lowest BCUT2D eigenvalue weighted by Crippen LogP contribution is -2.37. The average molecular weight is 352 g/mol. The molecule has 0 radical (unpaired) electrons. The van der Waals surface area contributed by atoms with Crippen molar-refractivity contribution in [3.63, 3.8) is 0 Å². The van der Waals surface area contributed by atoms with Crippen LogP contribution in [0.2, 0.25) is 0 Å². The van der Waals surface area contributed by atoms with E-state index in [-0.39, 0.29) is 5.91 Å². The van der Waals surface area contributed by atoms with E-state index in [1.54, 1.807) is 12.5 Å². The maximum Gasteiger partial charge on any atom is 0.234 e. The van der Waals surface area contributed by atoms with Crippen LogP contribution in [0.15, 0.2) is 71.6 Å². The second-order valence-corrected chi connectivity index (χ2v) is 6.18. The van der Waals surface area contributed by atoms with Gasteiger partial charge in [-0.15, -0.1) is 0 Å². The summed E-state index contributed by atoms with van der Waals surface area (Å²) < 4.78 is 7.31. The zero-order valence-electron chi connectivity index (χ0n) is 14.8. The van der Waals surface area contributed by atoms with Crippen LogP contribution >= 0.6 is 0 Å². The molecule has 1 aromatic carbocycles. The molecule has 0 unspecified atom stereocenters. The van der Waals surface area contributed by atoms with Crippen molar-refractivity contribution in [2.75, 3.05) is 13.1 Å². The second kappa shape index (κ2) is 9.58. The Kier molecular flexibility index (Phi) is 6.61. The van der Waals surface area contributed by atoms with Gasteiger partial charge in [-0.3, -0.25) is 14.4 Å². The number of carbonyl (C=O) groups excluding carboxylic acids is 1. The lowest BCUT2D eigenvalue weighted by molar-refractivity contribution is -0.122. The number of benzene rings is 1. The highest BCUT2D eigenvalue weighted by Gasteiger charge is 2.13. The molecule has 0 saturated heterocycles. The maximum atomic E-state index is 12.3. The van der Waals surface area contributed by atoms with Crippen LogP contribution in [0.25, 0.3) is 0 Å². The Morgan fingerprint density at radius 2 is 2.00 bits per heavy atom. The van der Waals surface area contributed by atoms with Gasteiger partial charge in [-0.2, -0.15) is 5.10 Å². The fourth-order valence-corrected chi connectivity index (χ4v) is 2.79. The molecule has 6 nitrogen and oxygen atoms in total. The van der Waals surface area contributed by atoms with Crippen molar-refractivity contribution in [3.05, 3.63) is 78.5 Å². The van der Waals surface area contributed by atoms with E-state index in [1.807, 2.05) is 47.3 Å². The highest BCUT2D eigenvalue weighted by atomic mass is 16.3. The SMILES string of the molecule is O=C(CN(Cc1ccccc1)Cc1ccco1)NCCCn1cccn1. The van der Waals surface area contributed by atoms with Gasteiger partial charge in [0.05, 0.1) is 19.4 Å². The van der Waals surface area contributed by atoms with Gasteiger partial charge in [-0.25, -0.2) is 0 Å². The van der Waals surface area contributed by atoms with Gasteiger partial charge >= 0.3 is 0 Å². The van der Waals surface area contributed by atoms with Crippen LogP contribution in [0.3, 0.4) is 0 Å². The summed E-state index contributed by atoms with van der Waals surface area (Å²) in [5.41, 5.74) is 1.17. The summed E-state index contributed by atoms with van der Waals surface area (Å²) in [7, 11) is 0. The number of aryl methyl sites for hydroxylation is 1. The first kappa shape index (κ1) is 17.9. The standard InChI is InChI=1S/C20H24N4O2/c25-20(21-10-5-12-24-13-6-11-22-24)17-23(16-19-9-4-14-26-19)15-18-7-2-1-3-8-18/h1-4,6-9,11,13-14H,5,10,12,15-17H2,(H,21,25). The van der Waals surface area contributed by atoms with E-state index >= 15 is 0 Å². The van der Waals surface area contributed by atoms with Crippen molar-refractivity contribution >= 4 is 5.91 Å². The minimum Gasteiger partial charge on any atom is -0.468 e. The van der Waals surface area contributed by atoms with Gasteiger partial charge in [-0.1, -0.05) is 30.3 Å². The smallest absolute Gasteiger partial charge is 0.234 e. The summed E-state index contributed by atoms with van der Waals surface area (Å²) in [5, 5.41) is 7.14. The van der Waals surface area contributed by atoms with Crippen molar-refractivity contribution in [3.8, 4) is 0 Å². The molecule has 0 aliphatic rings. The molecule has 0 aliphatic heterocycles. The molecule has 1 amide bonds. The van der Waals surface area contributed by atoms with E-state index in [2.05, 4.69) is 27.4 Å². The van der Waals surface area contributed by atoms with Crippen molar-refractivity contribution < 1.29 is 9.21 Å². The molecule has 6 heteroatoms. The number of carbonyl (C=O) groups is 1. The summed E-state index contributed by atoms with van der Waals surface area (Å²) in [6.07, 6.45) is 6.19. The van der Waals surface area contributed by atoms with E-state index in [9.17, 15) is 4.79 Å². The fraction of sp³-hybridized carbons (Fsp3) is 0.300. The van der Waals surface area contributed by atoms with Gasteiger partial charge < -0.3 is 9.73 Å². The number of nitrogens with zero attached hydrogens (tertiary/aromatic N) is 3. The van der Waals surface area contributed by atoms with Gasteiger partial charge in [-0.05, 0) is 30.2 Å². The third-order valence-corrected chi connectivity index (χ3v) is 4.02. The molecule has 2 aromatic heterocycles. The van der Waals surface area contributed by atoms with Gasteiger partial charge in [0.1, 0.15) is 5.76 Å². The van der Waals surface area contributed by atoms with Crippen LogP contribution in [-0.2, 0) is 24.4 Å². The van der Waals surface area contributed by atoms with Crippen molar-refractivity contribution in [1.82, 2.24) is 20.0 Å². The predicted octanol–water partition coefficient (Wildman–Crippen LogP) is 2.68. The summed E-state index contributed by atoms with van der Waals surface area (Å²) >= 11 is 0. The number of aromatic nitrogens is 2. The molecule has 0 spiro atoms. The number of hydrogen-bond donors (Lipinski definition) is 1. The minimum absolute atomic E-state index is 0.0213. The van der Waals surface area contributed by atoms with Crippen LogP contribution in [0.1, 0.15) is 17.7 Å². The van der Waals surface area contributed by atoms with Crippen LogP contribution in [0.4, 0.5) is 0 Å². The summed E-state index contributed by atoms with van der Waals surface area (Å²) in [6, 6.07) is 15.8. The van der Waals surface area contributed by atoms with Crippen molar-refractivity contribution in [2.24, 2.45) is 0 Å². The van der Waals surface area contributed by atoms with Gasteiger partial charge in [0, 0.05) is 32.0 Å². The summed E-state index contributed by atoms with van der Waals surface area (Å²) in [4.78, 5) is 14.4. The molecule has 0 aliphatic carbocycles. The summed E-state index contributed by atoms with van der Waals surface area (Å²) in [5.74, 6) is 0.875. The molecule has 0 fully saturated rings. The molecule has 136 valence electrons. The lowest BCUT2D eigenvalue weighted by Gasteiger charge is -2.21. The first-order chi connectivity index (χ1) is 12.8. The number of furan rings is 1. The zero-order valence-corrected chi connectivity index (χ0v) is 14.8. The number of nitrogens with one attached hydrogen (secondary N) is 1. The van der Waals surface area contributed by atoms with Gasteiger partial charge in [0.15, 0.2) is 0 Å². The van der Waals surface area contributed by atoms with Crippen LogP contribution in [0.5, 0.6) is 0 Å². The fourth-order valence-electron chi connectivity index (χ4n) is 2.79. The number of amides is 1. The maximum absolute atomic E-state index is 12.3. The number of hydrogen-bond acceptors (Lipinski definition) is 4. The Hall–Kier alpha value is -2.86. The van der Waals surface area contributed by atoms with E-state index in [0.29, 0.717) is 26.2 Å². The van der Waals surface area contributed by atoms with E-state index < -0.39 is 0 Å². The molecule has 3 rings (SSSR count). The van der Waals surface area contributed by atoms with Crippen LogP contribution in [0, 0.1) is 0 Å². The molecule has 1 N–H and O–H groups in total. The summed E-state index contributed by atoms with van der Waals surface area (Å²) in [6.45, 7) is 3.06. The van der Waals surface area contributed by atoms with Crippen LogP contribution in [-0.4, -0.2) is 33.7 Å². The monoisotopic (exact) mass is 352 g/mol. The molecule has 26 heavy (non-hydrogen) atoms. The topological polar surface area (TPSA) is 63.3 Å². The van der Waals surface area contributed by atoms with E-state index in [1.165, 1.54) is 5.56 Å². The number of rotatable bonds is 10. The molecule has 0 saturated carbocycles. The van der Waals surface area contributed by atoms with E-state index in [0.717, 1.165) is 18.7 Å². The Balaban J connectivity index is 1.48. The lowest BCUT2D eigenvalue weighted by atomic mass is 10.2. The van der Waals surface area contributed by atoms with Gasteiger partial charge in [0.25, 0.3) is 0 Å². The van der Waals surface area contributed by atoms with Crippen molar-refractivity contribution in [1.29, 1.82) is 0 Å². The highest BCUT2D eigenvalue weighted by Crippen LogP contribution is 2.10. The second-order valence-electron chi connectivity index (χ2n) is 6.18. The highest BCUT2D eigenvalue weighted by molar-refractivity contribution is 5.77. The minimum atomic E-state index is 0.0213. The third-order valence-electron chi connectivity index (χ3n) is 4.02. The zero-order chi connectivity index (χ0) is 18.0. The normalized spacial score (nSPS) is 11.0. The first-order valence-electron chi connectivity index (χ1n) is 8.82. The average Bonchev–Trinajstić information content (AvgIpc) is 3.33. The third kappa shape index (κ3) is 5.89. The Morgan fingerprint density at radius 1 is 1.12 bits per heavy atom. The predicted molar refractivity (Wildman–Crippen MR) is 99.1 cm³/mol. The van der Waals surface area contributed by atoms with Crippen LogP contribution < -0.4 is 5.32 Å². The van der Waals surface area contributed by atoms with Crippen molar-refractivity contribution in [2.45, 2.75) is 26.1 Å². The quantitative estimate of drug-likeness (QED) is 0.570. The van der Waals surface area contributed by atoms with E-state index in [4.69, 9.17) is 4.42 Å². The molecule has 3 aromatic rings. The molecular formula is C20H24N4O2. The Labute approximate surface area is 153 Å². The molecular weight excluding hydrogens is 328 g/mol. The Bertz CT molecular complexity index is 754. The molecule has 0 bridgehead atoms. The largest absolute Gasteiger partial charge is 0.468 e. The van der Waals surface area contributed by atoms with Gasteiger partial charge in [0.2, 0.25) is 5.91 Å². The Morgan fingerprint density at radius 3 is 2.73 bits per heavy atom. The first-order valence-corrected chi connectivity index (χ1v) is 8.82. The molecule has 2 heterocycles. The molecule has 0 atom stereocenters.